The first-order chi connectivity index (χ1) is 12.1. The van der Waals surface area contributed by atoms with E-state index in [0.717, 1.165) is 25.0 Å². The third-order valence-electron chi connectivity index (χ3n) is 4.10. The second-order valence-electron chi connectivity index (χ2n) is 6.19. The molecule has 0 bridgehead atoms. The van der Waals surface area contributed by atoms with Crippen molar-refractivity contribution in [2.24, 2.45) is 5.92 Å². The monoisotopic (exact) mass is 388 g/mol. The number of urea groups is 1. The molecule has 6 heteroatoms. The summed E-state index contributed by atoms with van der Waals surface area (Å²) in [6, 6.07) is 5.02. The van der Waals surface area contributed by atoms with Gasteiger partial charge < -0.3 is 15.4 Å². The summed E-state index contributed by atoms with van der Waals surface area (Å²) in [5.74, 6) is 0.653. The van der Waals surface area contributed by atoms with Crippen molar-refractivity contribution in [1.82, 2.24) is 10.6 Å². The third kappa shape index (κ3) is 9.93. The number of ether oxygens (including phenoxy) is 1. The standard InChI is InChI=1S/C19H30Cl2N2O2/c1-3-5-7-15(4-2)14-25-11-6-10-22-19(24)23-13-16-8-9-17(20)12-18(16)21/h8-9,12,15H,3-7,10-11,13-14H2,1-2H3,(H2,22,23,24). The molecule has 1 rings (SSSR count). The van der Waals surface area contributed by atoms with Crippen LogP contribution in [0.25, 0.3) is 0 Å². The Balaban J connectivity index is 2.08. The quantitative estimate of drug-likeness (QED) is 0.469. The number of benzene rings is 1. The van der Waals surface area contributed by atoms with Crippen molar-refractivity contribution >= 4 is 29.2 Å². The molecule has 2 amide bonds. The summed E-state index contributed by atoms with van der Waals surface area (Å²) in [6.07, 6.45) is 5.70. The van der Waals surface area contributed by atoms with Gasteiger partial charge in [0.05, 0.1) is 0 Å². The number of carbonyl (C=O) groups is 1. The largest absolute Gasteiger partial charge is 0.381 e. The van der Waals surface area contributed by atoms with Crippen LogP contribution in [0.5, 0.6) is 0 Å². The number of hydrogen-bond donors (Lipinski definition) is 2. The number of nitrogens with one attached hydrogen (secondary N) is 2. The molecule has 0 radical (unpaired) electrons. The molecule has 0 saturated heterocycles. The number of rotatable bonds is 12. The van der Waals surface area contributed by atoms with Crippen LogP contribution < -0.4 is 10.6 Å². The predicted octanol–water partition coefficient (Wildman–Crippen LogP) is 5.42. The fourth-order valence-electron chi connectivity index (χ4n) is 2.43. The molecule has 0 aliphatic carbocycles. The minimum Gasteiger partial charge on any atom is -0.381 e. The lowest BCUT2D eigenvalue weighted by molar-refractivity contribution is 0.0924. The summed E-state index contributed by atoms with van der Waals surface area (Å²) in [4.78, 5) is 11.8. The number of unbranched alkanes of at least 4 members (excludes halogenated alkanes) is 1. The van der Waals surface area contributed by atoms with Crippen LogP contribution in [0, 0.1) is 5.92 Å². The smallest absolute Gasteiger partial charge is 0.315 e. The first-order valence-electron chi connectivity index (χ1n) is 9.10. The van der Waals surface area contributed by atoms with E-state index in [1.165, 1.54) is 19.3 Å². The van der Waals surface area contributed by atoms with Crippen LogP contribution in [0.1, 0.15) is 51.5 Å². The van der Waals surface area contributed by atoms with Crippen LogP contribution in [0.3, 0.4) is 0 Å². The Morgan fingerprint density at radius 2 is 2.00 bits per heavy atom. The average molecular weight is 389 g/mol. The van der Waals surface area contributed by atoms with Gasteiger partial charge in [0.15, 0.2) is 0 Å². The molecule has 0 saturated carbocycles. The van der Waals surface area contributed by atoms with E-state index in [9.17, 15) is 4.79 Å². The number of carbonyl (C=O) groups excluding carboxylic acids is 1. The lowest BCUT2D eigenvalue weighted by atomic mass is 10.0. The van der Waals surface area contributed by atoms with Crippen LogP contribution in [0.15, 0.2) is 18.2 Å². The van der Waals surface area contributed by atoms with Gasteiger partial charge in [-0.2, -0.15) is 0 Å². The molecular formula is C19H30Cl2N2O2. The number of amides is 2. The SMILES string of the molecule is CCCCC(CC)COCCCNC(=O)NCc1ccc(Cl)cc1Cl. The summed E-state index contributed by atoms with van der Waals surface area (Å²) in [5.41, 5.74) is 0.835. The number of halogens is 2. The molecule has 25 heavy (non-hydrogen) atoms. The van der Waals surface area contributed by atoms with Crippen molar-refractivity contribution in [2.45, 2.75) is 52.5 Å². The van der Waals surface area contributed by atoms with Crippen molar-refractivity contribution in [3.05, 3.63) is 33.8 Å². The van der Waals surface area contributed by atoms with E-state index in [-0.39, 0.29) is 6.03 Å². The summed E-state index contributed by atoms with van der Waals surface area (Å²) in [7, 11) is 0. The van der Waals surface area contributed by atoms with Gasteiger partial charge in [-0.15, -0.1) is 0 Å². The Bertz CT molecular complexity index is 512. The first kappa shape index (κ1) is 22.1. The van der Waals surface area contributed by atoms with E-state index in [0.29, 0.717) is 35.7 Å². The predicted molar refractivity (Wildman–Crippen MR) is 105 cm³/mol. The maximum Gasteiger partial charge on any atom is 0.315 e. The maximum absolute atomic E-state index is 11.8. The molecule has 1 aromatic rings. The third-order valence-corrected chi connectivity index (χ3v) is 4.69. The molecule has 0 aromatic heterocycles. The molecule has 142 valence electrons. The zero-order chi connectivity index (χ0) is 18.5. The van der Waals surface area contributed by atoms with E-state index in [1.54, 1.807) is 12.1 Å². The van der Waals surface area contributed by atoms with Gasteiger partial charge >= 0.3 is 6.03 Å². The van der Waals surface area contributed by atoms with Crippen molar-refractivity contribution in [2.75, 3.05) is 19.8 Å². The zero-order valence-corrected chi connectivity index (χ0v) is 16.8. The fraction of sp³-hybridized carbons (Fsp3) is 0.632. The Morgan fingerprint density at radius 3 is 2.68 bits per heavy atom. The van der Waals surface area contributed by atoms with E-state index in [4.69, 9.17) is 27.9 Å². The number of hydrogen-bond acceptors (Lipinski definition) is 2. The van der Waals surface area contributed by atoms with Crippen molar-refractivity contribution in [1.29, 1.82) is 0 Å². The van der Waals surface area contributed by atoms with Gasteiger partial charge in [0.2, 0.25) is 0 Å². The summed E-state index contributed by atoms with van der Waals surface area (Å²) in [5, 5.41) is 6.74. The lowest BCUT2D eigenvalue weighted by Crippen LogP contribution is -2.36. The minimum atomic E-state index is -0.208. The molecule has 0 heterocycles. The molecule has 2 N–H and O–H groups in total. The second-order valence-corrected chi connectivity index (χ2v) is 7.03. The molecule has 0 spiro atoms. The van der Waals surface area contributed by atoms with Crippen molar-refractivity contribution in [3.8, 4) is 0 Å². The molecule has 1 unspecified atom stereocenters. The Hall–Kier alpha value is -0.970. The Labute approximate surface area is 161 Å². The summed E-state index contributed by atoms with van der Waals surface area (Å²) >= 11 is 11.9. The topological polar surface area (TPSA) is 50.4 Å². The van der Waals surface area contributed by atoms with E-state index >= 15 is 0 Å². The lowest BCUT2D eigenvalue weighted by Gasteiger charge is -2.14. The van der Waals surface area contributed by atoms with Gasteiger partial charge in [-0.1, -0.05) is 62.4 Å². The minimum absolute atomic E-state index is 0.208. The second kappa shape index (κ2) is 13.3. The van der Waals surface area contributed by atoms with E-state index < -0.39 is 0 Å². The van der Waals surface area contributed by atoms with Crippen molar-refractivity contribution in [3.63, 3.8) is 0 Å². The van der Waals surface area contributed by atoms with Crippen LogP contribution in [0.2, 0.25) is 10.0 Å². The summed E-state index contributed by atoms with van der Waals surface area (Å²) in [6.45, 7) is 6.87. The molecule has 4 nitrogen and oxygen atoms in total. The van der Waals surface area contributed by atoms with Crippen molar-refractivity contribution < 1.29 is 9.53 Å². The van der Waals surface area contributed by atoms with Gasteiger partial charge in [-0.25, -0.2) is 4.79 Å². The van der Waals surface area contributed by atoms with Gasteiger partial charge in [0.25, 0.3) is 0 Å². The van der Waals surface area contributed by atoms with Crippen LogP contribution in [0.4, 0.5) is 4.79 Å². The average Bonchev–Trinajstić information content (AvgIpc) is 2.59. The van der Waals surface area contributed by atoms with Crippen LogP contribution >= 0.6 is 23.2 Å². The molecular weight excluding hydrogens is 359 g/mol. The Kier molecular flexibility index (Phi) is 11.7. The first-order valence-corrected chi connectivity index (χ1v) is 9.85. The molecule has 1 atom stereocenters. The van der Waals surface area contributed by atoms with Crippen LogP contribution in [-0.2, 0) is 11.3 Å². The zero-order valence-electron chi connectivity index (χ0n) is 15.2. The Morgan fingerprint density at radius 1 is 1.20 bits per heavy atom. The normalized spacial score (nSPS) is 12.0. The highest BCUT2D eigenvalue weighted by Gasteiger charge is 2.06. The summed E-state index contributed by atoms with van der Waals surface area (Å²) < 4.78 is 5.72. The van der Waals surface area contributed by atoms with Gasteiger partial charge in [0.1, 0.15) is 0 Å². The molecule has 0 aliphatic heterocycles. The van der Waals surface area contributed by atoms with E-state index in [2.05, 4.69) is 24.5 Å². The van der Waals surface area contributed by atoms with E-state index in [1.807, 2.05) is 6.07 Å². The van der Waals surface area contributed by atoms with Gasteiger partial charge in [-0.3, -0.25) is 0 Å². The maximum atomic E-state index is 11.8. The van der Waals surface area contributed by atoms with Gasteiger partial charge in [-0.05, 0) is 36.5 Å². The molecule has 1 aromatic carbocycles. The van der Waals surface area contributed by atoms with Gasteiger partial charge in [0, 0.05) is 36.3 Å². The highest BCUT2D eigenvalue weighted by molar-refractivity contribution is 6.35. The van der Waals surface area contributed by atoms with Crippen LogP contribution in [-0.4, -0.2) is 25.8 Å². The molecule has 0 fully saturated rings. The highest BCUT2D eigenvalue weighted by atomic mass is 35.5. The molecule has 0 aliphatic rings. The fourth-order valence-corrected chi connectivity index (χ4v) is 2.90. The highest BCUT2D eigenvalue weighted by Crippen LogP contribution is 2.20.